The third kappa shape index (κ3) is 5.78. The van der Waals surface area contributed by atoms with Gasteiger partial charge in [0.2, 0.25) is 0 Å². The highest BCUT2D eigenvalue weighted by Gasteiger charge is 2.18. The molecule has 0 amide bonds. The van der Waals surface area contributed by atoms with Gasteiger partial charge < -0.3 is 14.4 Å². The van der Waals surface area contributed by atoms with Crippen LogP contribution in [0.15, 0.2) is 72.8 Å². The molecule has 3 aromatic carbocycles. The summed E-state index contributed by atoms with van der Waals surface area (Å²) in [6, 6.07) is 25.9. The van der Waals surface area contributed by atoms with Crippen LogP contribution in [0.2, 0.25) is 0 Å². The molecule has 1 aromatic heterocycles. The summed E-state index contributed by atoms with van der Waals surface area (Å²) in [5.41, 5.74) is 6.98. The van der Waals surface area contributed by atoms with Crippen LogP contribution in [0.1, 0.15) is 57.7 Å². The molecule has 0 spiro atoms. The van der Waals surface area contributed by atoms with Gasteiger partial charge in [-0.2, -0.15) is 0 Å². The lowest BCUT2D eigenvalue weighted by atomic mass is 9.86. The van der Waals surface area contributed by atoms with E-state index >= 15 is 0 Å². The molecule has 1 N–H and O–H groups in total. The normalized spacial score (nSPS) is 14.4. The summed E-state index contributed by atoms with van der Waals surface area (Å²) in [5.74, 6) is 0.0761. The first-order valence-corrected chi connectivity index (χ1v) is 13.6. The van der Waals surface area contributed by atoms with E-state index in [2.05, 4.69) is 98.1 Å². The number of likely N-dealkylation sites (N-methyl/N-ethyl adjacent to an activating group) is 1. The maximum Gasteiger partial charge on any atom is 0.317 e. The predicted molar refractivity (Wildman–Crippen MR) is 154 cm³/mol. The Balaban J connectivity index is 1.50. The van der Waals surface area contributed by atoms with Crippen molar-refractivity contribution in [3.8, 4) is 22.6 Å². The van der Waals surface area contributed by atoms with Crippen LogP contribution in [-0.4, -0.2) is 40.2 Å². The standard InChI is InChI=1S/C33H38N2O3/c1-33(2,3)26-12-9-23(10-13-26)24-11-18-31-25(19-24)20-28(21-34(4)22-32(36)37)35(31)27-14-16-30(17-15-27)38-29-7-5-6-8-29/h9-20,29H,5-8,21-22H2,1-4H3,(H,36,37). The number of carboxylic acids is 1. The molecular weight excluding hydrogens is 472 g/mol. The minimum Gasteiger partial charge on any atom is -0.490 e. The fraction of sp³-hybridized carbons (Fsp3) is 0.364. The van der Waals surface area contributed by atoms with Crippen LogP contribution in [0.3, 0.4) is 0 Å². The molecule has 0 radical (unpaired) electrons. The minimum absolute atomic E-state index is 0.0128. The summed E-state index contributed by atoms with van der Waals surface area (Å²) in [6.45, 7) is 7.20. The molecule has 38 heavy (non-hydrogen) atoms. The molecule has 198 valence electrons. The van der Waals surface area contributed by atoms with Gasteiger partial charge in [-0.3, -0.25) is 9.69 Å². The van der Waals surface area contributed by atoms with Crippen LogP contribution in [0.25, 0.3) is 27.7 Å². The topological polar surface area (TPSA) is 54.7 Å². The van der Waals surface area contributed by atoms with Gasteiger partial charge in [-0.05, 0) is 97.3 Å². The third-order valence-corrected chi connectivity index (χ3v) is 7.50. The fourth-order valence-corrected chi connectivity index (χ4v) is 5.47. The van der Waals surface area contributed by atoms with Crippen molar-refractivity contribution in [2.75, 3.05) is 13.6 Å². The number of carboxylic acid groups (broad SMARTS) is 1. The number of hydrogen-bond donors (Lipinski definition) is 1. The van der Waals surface area contributed by atoms with Gasteiger partial charge in [-0.15, -0.1) is 0 Å². The number of rotatable bonds is 8. The van der Waals surface area contributed by atoms with E-state index in [1.807, 2.05) is 11.9 Å². The Bertz CT molecular complexity index is 1410. The number of fused-ring (bicyclic) bond motifs is 1. The molecule has 1 heterocycles. The Morgan fingerprint density at radius 2 is 1.61 bits per heavy atom. The summed E-state index contributed by atoms with van der Waals surface area (Å²) < 4.78 is 8.42. The molecule has 0 atom stereocenters. The molecule has 1 aliphatic rings. The Kier molecular flexibility index (Phi) is 7.31. The first kappa shape index (κ1) is 26.1. The molecule has 0 saturated heterocycles. The zero-order valence-electron chi connectivity index (χ0n) is 22.9. The van der Waals surface area contributed by atoms with Crippen LogP contribution >= 0.6 is 0 Å². The Labute approximate surface area is 225 Å². The molecule has 0 aliphatic heterocycles. The smallest absolute Gasteiger partial charge is 0.317 e. The second kappa shape index (κ2) is 10.7. The number of ether oxygens (including phenoxy) is 1. The molecule has 1 saturated carbocycles. The van der Waals surface area contributed by atoms with Crippen LogP contribution in [0, 0.1) is 0 Å². The van der Waals surface area contributed by atoms with Crippen molar-refractivity contribution in [2.24, 2.45) is 0 Å². The lowest BCUT2D eigenvalue weighted by molar-refractivity contribution is -0.138. The number of hydrogen-bond acceptors (Lipinski definition) is 3. The average molecular weight is 511 g/mol. The fourth-order valence-electron chi connectivity index (χ4n) is 5.47. The molecule has 1 aliphatic carbocycles. The Morgan fingerprint density at radius 1 is 0.947 bits per heavy atom. The predicted octanol–water partition coefficient (Wildman–Crippen LogP) is 7.43. The summed E-state index contributed by atoms with van der Waals surface area (Å²) >= 11 is 0. The van der Waals surface area contributed by atoms with E-state index in [1.165, 1.54) is 29.5 Å². The van der Waals surface area contributed by atoms with Crippen LogP contribution < -0.4 is 4.74 Å². The Morgan fingerprint density at radius 3 is 2.24 bits per heavy atom. The van der Waals surface area contributed by atoms with Crippen molar-refractivity contribution in [3.05, 3.63) is 84.1 Å². The van der Waals surface area contributed by atoms with Gasteiger partial charge in [0.1, 0.15) is 5.75 Å². The zero-order chi connectivity index (χ0) is 26.9. The van der Waals surface area contributed by atoms with Crippen LogP contribution in [-0.2, 0) is 16.8 Å². The van der Waals surface area contributed by atoms with E-state index in [9.17, 15) is 9.90 Å². The first-order chi connectivity index (χ1) is 18.2. The second-order valence-corrected chi connectivity index (χ2v) is 11.7. The quantitative estimate of drug-likeness (QED) is 0.268. The largest absolute Gasteiger partial charge is 0.490 e. The maximum atomic E-state index is 11.3. The summed E-state index contributed by atoms with van der Waals surface area (Å²) in [5, 5.41) is 10.4. The van der Waals surface area contributed by atoms with Gasteiger partial charge in [0.15, 0.2) is 0 Å². The highest BCUT2D eigenvalue weighted by atomic mass is 16.5. The Hall–Kier alpha value is -3.57. The minimum atomic E-state index is -0.829. The van der Waals surface area contributed by atoms with Crippen molar-refractivity contribution in [1.82, 2.24) is 9.47 Å². The summed E-state index contributed by atoms with van der Waals surface area (Å²) in [6.07, 6.45) is 5.07. The van der Waals surface area contributed by atoms with Crippen molar-refractivity contribution < 1.29 is 14.6 Å². The monoisotopic (exact) mass is 510 g/mol. The molecule has 4 aromatic rings. The lowest BCUT2D eigenvalue weighted by Gasteiger charge is -2.19. The second-order valence-electron chi connectivity index (χ2n) is 11.7. The van der Waals surface area contributed by atoms with E-state index in [-0.39, 0.29) is 12.0 Å². The molecule has 0 bridgehead atoms. The van der Waals surface area contributed by atoms with Crippen molar-refractivity contribution in [1.29, 1.82) is 0 Å². The van der Waals surface area contributed by atoms with Crippen molar-refractivity contribution in [3.63, 3.8) is 0 Å². The maximum absolute atomic E-state index is 11.3. The third-order valence-electron chi connectivity index (χ3n) is 7.50. The van der Waals surface area contributed by atoms with E-state index in [4.69, 9.17) is 4.74 Å². The highest BCUT2D eigenvalue weighted by molar-refractivity contribution is 5.88. The molecular formula is C33H38N2O3. The van der Waals surface area contributed by atoms with E-state index < -0.39 is 5.97 Å². The van der Waals surface area contributed by atoms with Crippen molar-refractivity contribution >= 4 is 16.9 Å². The van der Waals surface area contributed by atoms with E-state index in [1.54, 1.807) is 0 Å². The number of aliphatic carboxylic acids is 1. The molecule has 5 heteroatoms. The molecule has 5 nitrogen and oxygen atoms in total. The van der Waals surface area contributed by atoms with Crippen LogP contribution in [0.4, 0.5) is 0 Å². The lowest BCUT2D eigenvalue weighted by Crippen LogP contribution is -2.26. The van der Waals surface area contributed by atoms with E-state index in [0.717, 1.165) is 40.9 Å². The van der Waals surface area contributed by atoms with Gasteiger partial charge >= 0.3 is 5.97 Å². The van der Waals surface area contributed by atoms with E-state index in [0.29, 0.717) is 12.6 Å². The van der Waals surface area contributed by atoms with Gasteiger partial charge in [-0.25, -0.2) is 0 Å². The SMILES string of the molecule is CN(CC(=O)O)Cc1cc2cc(-c3ccc(C(C)(C)C)cc3)ccc2n1-c1ccc(OC2CCCC2)cc1. The average Bonchev–Trinajstić information content (AvgIpc) is 3.50. The number of carbonyl (C=O) groups is 1. The molecule has 1 fully saturated rings. The highest BCUT2D eigenvalue weighted by Crippen LogP contribution is 2.32. The number of aromatic nitrogens is 1. The molecule has 5 rings (SSSR count). The van der Waals surface area contributed by atoms with Crippen LogP contribution in [0.5, 0.6) is 5.75 Å². The van der Waals surface area contributed by atoms with Gasteiger partial charge in [-0.1, -0.05) is 51.1 Å². The van der Waals surface area contributed by atoms with Gasteiger partial charge in [0.25, 0.3) is 0 Å². The van der Waals surface area contributed by atoms with Crippen molar-refractivity contribution in [2.45, 2.75) is 64.5 Å². The number of benzene rings is 3. The first-order valence-electron chi connectivity index (χ1n) is 13.6. The summed E-state index contributed by atoms with van der Waals surface area (Å²) in [7, 11) is 1.84. The number of nitrogens with zero attached hydrogens (tertiary/aromatic N) is 2. The summed E-state index contributed by atoms with van der Waals surface area (Å²) in [4.78, 5) is 13.2. The zero-order valence-corrected chi connectivity index (χ0v) is 22.9. The molecule has 0 unspecified atom stereocenters. The van der Waals surface area contributed by atoms with Gasteiger partial charge in [0.05, 0.1) is 18.2 Å². The van der Waals surface area contributed by atoms with Gasteiger partial charge in [0, 0.05) is 23.3 Å².